The summed E-state index contributed by atoms with van der Waals surface area (Å²) in [6.45, 7) is 8.54. The first-order chi connectivity index (χ1) is 5.12. The van der Waals surface area contributed by atoms with E-state index in [-0.39, 0.29) is 10.8 Å². The van der Waals surface area contributed by atoms with E-state index in [0.717, 1.165) is 6.42 Å². The van der Waals surface area contributed by atoms with E-state index in [1.807, 2.05) is 0 Å². The van der Waals surface area contributed by atoms with Crippen LogP contribution in [0.5, 0.6) is 0 Å². The van der Waals surface area contributed by atoms with Crippen molar-refractivity contribution in [3.63, 3.8) is 0 Å². The Labute approximate surface area is 75.3 Å². The predicted molar refractivity (Wildman–Crippen MR) is 50.8 cm³/mol. The van der Waals surface area contributed by atoms with Crippen LogP contribution < -0.4 is 0 Å². The van der Waals surface area contributed by atoms with Gasteiger partial charge in [0.1, 0.15) is 0 Å². The van der Waals surface area contributed by atoms with E-state index in [4.69, 9.17) is 0 Å². The van der Waals surface area contributed by atoms with E-state index >= 15 is 0 Å². The molecule has 3 heteroatoms. The summed E-state index contributed by atoms with van der Waals surface area (Å²) < 4.78 is 22.0. The van der Waals surface area contributed by atoms with Crippen LogP contribution in [0.3, 0.4) is 0 Å². The van der Waals surface area contributed by atoms with Crippen LogP contribution in [0, 0.1) is 10.8 Å². The fourth-order valence-electron chi connectivity index (χ4n) is 2.40. The van der Waals surface area contributed by atoms with Crippen LogP contribution in [0.4, 0.5) is 0 Å². The largest absolute Gasteiger partial charge is 0.229 e. The third-order valence-corrected chi connectivity index (χ3v) is 4.37. The smallest absolute Gasteiger partial charge is 0.151 e. The summed E-state index contributed by atoms with van der Waals surface area (Å²) in [5.74, 6) is 0.772. The summed E-state index contributed by atoms with van der Waals surface area (Å²) >= 11 is 0. The summed E-state index contributed by atoms with van der Waals surface area (Å²) in [7, 11) is -2.66. The minimum Gasteiger partial charge on any atom is -0.229 e. The van der Waals surface area contributed by atoms with Crippen molar-refractivity contribution in [2.75, 3.05) is 11.5 Å². The molecule has 1 rings (SSSR count). The summed E-state index contributed by atoms with van der Waals surface area (Å²) in [4.78, 5) is 0. The molecule has 0 aliphatic carbocycles. The molecule has 12 heavy (non-hydrogen) atoms. The highest BCUT2D eigenvalue weighted by Crippen LogP contribution is 2.42. The van der Waals surface area contributed by atoms with Crippen LogP contribution in [0.1, 0.15) is 34.1 Å². The van der Waals surface area contributed by atoms with E-state index < -0.39 is 9.84 Å². The third-order valence-electron chi connectivity index (χ3n) is 2.09. The van der Waals surface area contributed by atoms with Crippen molar-refractivity contribution in [3.8, 4) is 0 Å². The Morgan fingerprint density at radius 1 is 1.25 bits per heavy atom. The van der Waals surface area contributed by atoms with Gasteiger partial charge < -0.3 is 0 Å². The van der Waals surface area contributed by atoms with Crippen LogP contribution in [0.2, 0.25) is 0 Å². The number of sulfone groups is 1. The molecule has 0 aromatic rings. The van der Waals surface area contributed by atoms with Crippen LogP contribution >= 0.6 is 0 Å². The molecule has 0 radical (unpaired) electrons. The van der Waals surface area contributed by atoms with E-state index in [0.29, 0.717) is 11.5 Å². The Balaban J connectivity index is 2.57. The van der Waals surface area contributed by atoms with Crippen molar-refractivity contribution in [3.05, 3.63) is 0 Å². The zero-order chi connectivity index (χ0) is 9.62. The topological polar surface area (TPSA) is 34.1 Å². The molecule has 72 valence electrons. The molecule has 1 heterocycles. The summed E-state index contributed by atoms with van der Waals surface area (Å²) in [6.07, 6.45) is 0.999. The van der Waals surface area contributed by atoms with Crippen molar-refractivity contribution >= 4 is 9.84 Å². The molecular weight excluding hydrogens is 172 g/mol. The molecule has 0 amide bonds. The van der Waals surface area contributed by atoms with Crippen molar-refractivity contribution in [2.24, 2.45) is 10.8 Å². The molecule has 0 spiro atoms. The SMILES string of the molecule is CC(C)(C)CC1(C)CS(=O)(=O)C1. The van der Waals surface area contributed by atoms with Gasteiger partial charge in [0.15, 0.2) is 9.84 Å². The number of rotatable bonds is 1. The monoisotopic (exact) mass is 190 g/mol. The van der Waals surface area contributed by atoms with Gasteiger partial charge in [-0.2, -0.15) is 0 Å². The minimum absolute atomic E-state index is 0.0527. The van der Waals surface area contributed by atoms with Crippen molar-refractivity contribution in [1.82, 2.24) is 0 Å². The van der Waals surface area contributed by atoms with Gasteiger partial charge in [0.25, 0.3) is 0 Å². The molecule has 0 atom stereocenters. The standard InChI is InChI=1S/C9H18O2S/c1-8(2,3)5-9(4)6-12(10,11)7-9/h5-7H2,1-4H3. The molecule has 0 aromatic heterocycles. The van der Waals surface area contributed by atoms with Crippen LogP contribution in [0.25, 0.3) is 0 Å². The highest BCUT2D eigenvalue weighted by atomic mass is 32.2. The van der Waals surface area contributed by atoms with Gasteiger partial charge in [-0.3, -0.25) is 0 Å². The molecule has 1 saturated heterocycles. The fraction of sp³-hybridized carbons (Fsp3) is 1.00. The predicted octanol–water partition coefficient (Wildman–Crippen LogP) is 1.86. The maximum absolute atomic E-state index is 11.0. The van der Waals surface area contributed by atoms with Gasteiger partial charge in [0.05, 0.1) is 11.5 Å². The average Bonchev–Trinajstić information content (AvgIpc) is 1.48. The first-order valence-electron chi connectivity index (χ1n) is 4.32. The zero-order valence-electron chi connectivity index (χ0n) is 8.35. The maximum atomic E-state index is 11.0. The first kappa shape index (κ1) is 10.0. The molecule has 1 fully saturated rings. The third kappa shape index (κ3) is 2.47. The Morgan fingerprint density at radius 3 is 1.92 bits per heavy atom. The van der Waals surface area contributed by atoms with Gasteiger partial charge in [-0.1, -0.05) is 27.7 Å². The number of hydrogen-bond acceptors (Lipinski definition) is 2. The van der Waals surface area contributed by atoms with Crippen LogP contribution in [-0.2, 0) is 9.84 Å². The van der Waals surface area contributed by atoms with E-state index in [9.17, 15) is 8.42 Å². The van der Waals surface area contributed by atoms with Crippen LogP contribution in [-0.4, -0.2) is 19.9 Å². The van der Waals surface area contributed by atoms with Gasteiger partial charge in [-0.05, 0) is 17.3 Å². The van der Waals surface area contributed by atoms with Crippen molar-refractivity contribution in [1.29, 1.82) is 0 Å². The lowest BCUT2D eigenvalue weighted by Gasteiger charge is -2.42. The Morgan fingerprint density at radius 2 is 1.67 bits per heavy atom. The maximum Gasteiger partial charge on any atom is 0.151 e. The zero-order valence-corrected chi connectivity index (χ0v) is 9.16. The normalized spacial score (nSPS) is 26.3. The van der Waals surface area contributed by atoms with Gasteiger partial charge in [0, 0.05) is 0 Å². The summed E-state index contributed by atoms with van der Waals surface area (Å²) in [6, 6.07) is 0. The molecular formula is C9H18O2S. The lowest BCUT2D eigenvalue weighted by molar-refractivity contribution is 0.221. The molecule has 0 unspecified atom stereocenters. The second-order valence-electron chi connectivity index (χ2n) is 5.58. The first-order valence-corrected chi connectivity index (χ1v) is 6.15. The Hall–Kier alpha value is -0.0500. The van der Waals surface area contributed by atoms with Gasteiger partial charge >= 0.3 is 0 Å². The Bertz CT molecular complexity index is 257. The molecule has 1 aliphatic heterocycles. The van der Waals surface area contributed by atoms with Crippen molar-refractivity contribution < 1.29 is 8.42 Å². The van der Waals surface area contributed by atoms with Gasteiger partial charge in [-0.15, -0.1) is 0 Å². The molecule has 1 aliphatic rings. The van der Waals surface area contributed by atoms with E-state index in [1.165, 1.54) is 0 Å². The molecule has 0 bridgehead atoms. The summed E-state index contributed by atoms with van der Waals surface area (Å²) in [5, 5.41) is 0. The average molecular weight is 190 g/mol. The van der Waals surface area contributed by atoms with Gasteiger partial charge in [-0.25, -0.2) is 8.42 Å². The molecule has 2 nitrogen and oxygen atoms in total. The number of hydrogen-bond donors (Lipinski definition) is 0. The highest BCUT2D eigenvalue weighted by Gasteiger charge is 2.46. The molecule has 0 aromatic carbocycles. The minimum atomic E-state index is -2.66. The lowest BCUT2D eigenvalue weighted by Crippen LogP contribution is -2.48. The Kier molecular flexibility index (Phi) is 2.07. The van der Waals surface area contributed by atoms with E-state index in [2.05, 4.69) is 27.7 Å². The van der Waals surface area contributed by atoms with Crippen molar-refractivity contribution in [2.45, 2.75) is 34.1 Å². The van der Waals surface area contributed by atoms with Gasteiger partial charge in [0.2, 0.25) is 0 Å². The molecule has 0 N–H and O–H groups in total. The summed E-state index contributed by atoms with van der Waals surface area (Å²) in [5.41, 5.74) is 0.293. The highest BCUT2D eigenvalue weighted by molar-refractivity contribution is 7.92. The van der Waals surface area contributed by atoms with Crippen LogP contribution in [0.15, 0.2) is 0 Å². The molecule has 0 saturated carbocycles. The quantitative estimate of drug-likeness (QED) is 0.632. The lowest BCUT2D eigenvalue weighted by atomic mass is 9.77. The second kappa shape index (κ2) is 2.47. The second-order valence-corrected chi connectivity index (χ2v) is 7.64. The fourth-order valence-corrected chi connectivity index (χ4v) is 4.65. The van der Waals surface area contributed by atoms with E-state index in [1.54, 1.807) is 0 Å².